The molecule has 0 atom stereocenters. The van der Waals surface area contributed by atoms with E-state index in [1.54, 1.807) is 6.20 Å². The molecule has 5 nitrogen and oxygen atoms in total. The molecule has 0 unspecified atom stereocenters. The molecule has 112 valence electrons. The van der Waals surface area contributed by atoms with Crippen molar-refractivity contribution in [3.63, 3.8) is 0 Å². The molecule has 0 N–H and O–H groups in total. The molecule has 2 heterocycles. The van der Waals surface area contributed by atoms with E-state index >= 15 is 0 Å². The lowest BCUT2D eigenvalue weighted by molar-refractivity contribution is -0.147. The largest absolute Gasteiger partial charge is 0.462 e. The molecule has 0 aromatic carbocycles. The van der Waals surface area contributed by atoms with Crippen LogP contribution in [-0.2, 0) is 16.6 Å². The SMILES string of the molecule is Cn1c(SCC(=O)OC2CCCCC2)nc2cccnc21. The van der Waals surface area contributed by atoms with Crippen LogP contribution in [-0.4, -0.2) is 32.4 Å². The third kappa shape index (κ3) is 3.37. The van der Waals surface area contributed by atoms with Gasteiger partial charge in [0, 0.05) is 13.2 Å². The van der Waals surface area contributed by atoms with Gasteiger partial charge in [-0.2, -0.15) is 0 Å². The standard InChI is InChI=1S/C15H19N3O2S/c1-18-14-12(8-5-9-16-14)17-15(18)21-10-13(19)20-11-6-3-2-4-7-11/h5,8-9,11H,2-4,6-7,10H2,1H3. The summed E-state index contributed by atoms with van der Waals surface area (Å²) in [6.07, 6.45) is 7.47. The summed E-state index contributed by atoms with van der Waals surface area (Å²) in [6, 6.07) is 3.79. The maximum Gasteiger partial charge on any atom is 0.316 e. The van der Waals surface area contributed by atoms with Crippen LogP contribution in [0.1, 0.15) is 32.1 Å². The minimum atomic E-state index is -0.146. The van der Waals surface area contributed by atoms with Gasteiger partial charge in [-0.1, -0.05) is 18.2 Å². The number of fused-ring (bicyclic) bond motifs is 1. The zero-order chi connectivity index (χ0) is 14.7. The number of hydrogen-bond acceptors (Lipinski definition) is 5. The fourth-order valence-corrected chi connectivity index (χ4v) is 3.42. The first kappa shape index (κ1) is 14.4. The van der Waals surface area contributed by atoms with Gasteiger partial charge in [-0.3, -0.25) is 4.79 Å². The van der Waals surface area contributed by atoms with Crippen LogP contribution in [0.4, 0.5) is 0 Å². The molecule has 0 bridgehead atoms. The summed E-state index contributed by atoms with van der Waals surface area (Å²) in [5.74, 6) is 0.153. The number of nitrogens with zero attached hydrogens (tertiary/aromatic N) is 3. The number of carbonyl (C=O) groups is 1. The summed E-state index contributed by atoms with van der Waals surface area (Å²) in [7, 11) is 1.91. The first-order valence-corrected chi connectivity index (χ1v) is 8.32. The number of carbonyl (C=O) groups excluding carboxylic acids is 1. The van der Waals surface area contributed by atoms with Crippen molar-refractivity contribution in [3.05, 3.63) is 18.3 Å². The van der Waals surface area contributed by atoms with Crippen LogP contribution < -0.4 is 0 Å². The number of ether oxygens (including phenoxy) is 1. The molecular weight excluding hydrogens is 286 g/mol. The lowest BCUT2D eigenvalue weighted by Crippen LogP contribution is -2.22. The lowest BCUT2D eigenvalue weighted by Gasteiger charge is -2.21. The first-order valence-electron chi connectivity index (χ1n) is 7.34. The van der Waals surface area contributed by atoms with Crippen molar-refractivity contribution in [1.82, 2.24) is 14.5 Å². The summed E-state index contributed by atoms with van der Waals surface area (Å²) in [5, 5.41) is 0.796. The van der Waals surface area contributed by atoms with E-state index in [4.69, 9.17) is 4.74 Å². The highest BCUT2D eigenvalue weighted by molar-refractivity contribution is 7.99. The molecule has 0 aliphatic heterocycles. The molecule has 1 fully saturated rings. The van der Waals surface area contributed by atoms with Crippen LogP contribution in [0.15, 0.2) is 23.5 Å². The number of aromatic nitrogens is 3. The Hall–Kier alpha value is -1.56. The Bertz CT molecular complexity index is 635. The maximum atomic E-state index is 11.9. The molecule has 0 spiro atoms. The van der Waals surface area contributed by atoms with Crippen LogP contribution in [0.2, 0.25) is 0 Å². The Balaban J connectivity index is 1.58. The summed E-state index contributed by atoms with van der Waals surface area (Å²) in [5.41, 5.74) is 1.68. The number of imidazole rings is 1. The molecule has 2 aromatic rings. The van der Waals surface area contributed by atoms with Crippen LogP contribution in [0.25, 0.3) is 11.2 Å². The Morgan fingerprint density at radius 3 is 3.00 bits per heavy atom. The quantitative estimate of drug-likeness (QED) is 0.642. The number of pyridine rings is 1. The van der Waals surface area contributed by atoms with E-state index in [1.807, 2.05) is 23.7 Å². The van der Waals surface area contributed by atoms with Gasteiger partial charge in [0.25, 0.3) is 0 Å². The highest BCUT2D eigenvalue weighted by Gasteiger charge is 2.18. The lowest BCUT2D eigenvalue weighted by atomic mass is 9.98. The third-order valence-corrected chi connectivity index (χ3v) is 4.76. The number of rotatable bonds is 4. The number of hydrogen-bond donors (Lipinski definition) is 0. The fraction of sp³-hybridized carbons (Fsp3) is 0.533. The Kier molecular flexibility index (Phi) is 4.43. The van der Waals surface area contributed by atoms with E-state index in [0.29, 0.717) is 5.75 Å². The summed E-state index contributed by atoms with van der Waals surface area (Å²) >= 11 is 1.41. The summed E-state index contributed by atoms with van der Waals surface area (Å²) < 4.78 is 7.43. The highest BCUT2D eigenvalue weighted by atomic mass is 32.2. The summed E-state index contributed by atoms with van der Waals surface area (Å²) in [6.45, 7) is 0. The van der Waals surface area contributed by atoms with Gasteiger partial charge in [0.1, 0.15) is 11.6 Å². The number of aryl methyl sites for hydroxylation is 1. The van der Waals surface area contributed by atoms with Crippen LogP contribution in [0, 0.1) is 0 Å². The molecule has 2 aromatic heterocycles. The van der Waals surface area contributed by atoms with E-state index in [2.05, 4.69) is 9.97 Å². The van der Waals surface area contributed by atoms with Crippen molar-refractivity contribution >= 4 is 28.9 Å². The van der Waals surface area contributed by atoms with Gasteiger partial charge >= 0.3 is 5.97 Å². The normalized spacial score (nSPS) is 16.2. The predicted octanol–water partition coefficient (Wildman–Crippen LogP) is 2.94. The van der Waals surface area contributed by atoms with E-state index in [9.17, 15) is 4.79 Å². The minimum Gasteiger partial charge on any atom is -0.462 e. The van der Waals surface area contributed by atoms with Crippen molar-refractivity contribution in [2.45, 2.75) is 43.4 Å². The zero-order valence-electron chi connectivity index (χ0n) is 12.1. The smallest absolute Gasteiger partial charge is 0.316 e. The molecular formula is C15H19N3O2S. The number of thioether (sulfide) groups is 1. The van der Waals surface area contributed by atoms with Gasteiger partial charge in [-0.05, 0) is 37.8 Å². The van der Waals surface area contributed by atoms with Gasteiger partial charge in [-0.15, -0.1) is 0 Å². The van der Waals surface area contributed by atoms with Crippen LogP contribution >= 0.6 is 11.8 Å². The first-order chi connectivity index (χ1) is 10.2. The molecule has 0 radical (unpaired) electrons. The van der Waals surface area contributed by atoms with Crippen molar-refractivity contribution in [3.8, 4) is 0 Å². The second-order valence-electron chi connectivity index (χ2n) is 5.34. The van der Waals surface area contributed by atoms with Gasteiger partial charge in [0.15, 0.2) is 10.8 Å². The Morgan fingerprint density at radius 1 is 1.43 bits per heavy atom. The molecule has 0 saturated heterocycles. The Labute approximate surface area is 128 Å². The van der Waals surface area contributed by atoms with Crippen LogP contribution in [0.3, 0.4) is 0 Å². The van der Waals surface area contributed by atoms with Crippen molar-refractivity contribution in [1.29, 1.82) is 0 Å². The van der Waals surface area contributed by atoms with Gasteiger partial charge in [0.2, 0.25) is 0 Å². The molecule has 1 saturated carbocycles. The summed E-state index contributed by atoms with van der Waals surface area (Å²) in [4.78, 5) is 20.7. The fourth-order valence-electron chi connectivity index (χ4n) is 2.66. The van der Waals surface area contributed by atoms with E-state index in [1.165, 1.54) is 31.0 Å². The average molecular weight is 305 g/mol. The van der Waals surface area contributed by atoms with Crippen LogP contribution in [0.5, 0.6) is 0 Å². The zero-order valence-corrected chi connectivity index (χ0v) is 12.9. The highest BCUT2D eigenvalue weighted by Crippen LogP contribution is 2.23. The maximum absolute atomic E-state index is 11.9. The van der Waals surface area contributed by atoms with E-state index in [-0.39, 0.29) is 12.1 Å². The van der Waals surface area contributed by atoms with Crippen molar-refractivity contribution < 1.29 is 9.53 Å². The molecule has 1 aliphatic rings. The van der Waals surface area contributed by atoms with Gasteiger partial charge in [0.05, 0.1) is 5.75 Å². The third-order valence-electron chi connectivity index (χ3n) is 3.76. The minimum absolute atomic E-state index is 0.119. The monoisotopic (exact) mass is 305 g/mol. The molecule has 1 aliphatic carbocycles. The number of esters is 1. The van der Waals surface area contributed by atoms with E-state index in [0.717, 1.165) is 29.2 Å². The molecule has 6 heteroatoms. The average Bonchev–Trinajstić information content (AvgIpc) is 2.83. The predicted molar refractivity (Wildman–Crippen MR) is 82.2 cm³/mol. The van der Waals surface area contributed by atoms with Crippen molar-refractivity contribution in [2.75, 3.05) is 5.75 Å². The van der Waals surface area contributed by atoms with Gasteiger partial charge in [-0.25, -0.2) is 9.97 Å². The molecule has 0 amide bonds. The van der Waals surface area contributed by atoms with E-state index < -0.39 is 0 Å². The topological polar surface area (TPSA) is 57.0 Å². The molecule has 3 rings (SSSR count). The second-order valence-corrected chi connectivity index (χ2v) is 6.28. The van der Waals surface area contributed by atoms with Crippen molar-refractivity contribution in [2.24, 2.45) is 7.05 Å². The molecule has 21 heavy (non-hydrogen) atoms. The van der Waals surface area contributed by atoms with Gasteiger partial charge < -0.3 is 9.30 Å². The Morgan fingerprint density at radius 2 is 2.24 bits per heavy atom. The second kappa shape index (κ2) is 6.47.